The third-order valence-electron chi connectivity index (χ3n) is 3.01. The van der Waals surface area contributed by atoms with Crippen LogP contribution in [-0.2, 0) is 9.59 Å². The average molecular weight is 264 g/mol. The topological polar surface area (TPSA) is 49.4 Å². The number of carbonyl (C=O) groups excluding carboxylic acids is 2. The molecule has 1 saturated heterocycles. The highest BCUT2D eigenvalue weighted by Crippen LogP contribution is 2.37. The summed E-state index contributed by atoms with van der Waals surface area (Å²) in [7, 11) is 0. The van der Waals surface area contributed by atoms with Gasteiger partial charge in [0.1, 0.15) is 6.04 Å². The Balaban J connectivity index is 2.08. The van der Waals surface area contributed by atoms with Gasteiger partial charge in [0, 0.05) is 11.4 Å². The minimum Gasteiger partial charge on any atom is -0.324 e. The van der Waals surface area contributed by atoms with E-state index in [1.54, 1.807) is 16.7 Å². The van der Waals surface area contributed by atoms with E-state index in [0.29, 0.717) is 5.75 Å². The van der Waals surface area contributed by atoms with Crippen molar-refractivity contribution < 1.29 is 9.59 Å². The minimum atomic E-state index is -0.400. The summed E-state index contributed by atoms with van der Waals surface area (Å²) in [6, 6.07) is 8.87. The Kier molecular flexibility index (Phi) is 3.61. The third kappa shape index (κ3) is 2.51. The van der Waals surface area contributed by atoms with Crippen molar-refractivity contribution in [1.29, 1.82) is 0 Å². The summed E-state index contributed by atoms with van der Waals surface area (Å²) in [5, 5.41) is 2.83. The zero-order valence-electron chi connectivity index (χ0n) is 10.4. The Morgan fingerprint density at radius 1 is 1.44 bits per heavy atom. The van der Waals surface area contributed by atoms with E-state index in [2.05, 4.69) is 5.32 Å². The molecule has 96 valence electrons. The number of hydrogen-bond acceptors (Lipinski definition) is 3. The summed E-state index contributed by atoms with van der Waals surface area (Å²) in [6.45, 7) is 3.89. The Bertz CT molecular complexity index is 448. The molecule has 5 heteroatoms. The molecule has 0 bridgehead atoms. The number of anilines is 1. The molecule has 2 amide bonds. The van der Waals surface area contributed by atoms with Crippen LogP contribution in [0.25, 0.3) is 0 Å². The lowest BCUT2D eigenvalue weighted by molar-refractivity contribution is -0.130. The van der Waals surface area contributed by atoms with Gasteiger partial charge in [-0.3, -0.25) is 9.59 Å². The molecule has 0 radical (unpaired) electrons. The third-order valence-corrected chi connectivity index (χ3v) is 4.41. The summed E-state index contributed by atoms with van der Waals surface area (Å²) in [5.41, 5.74) is 0.753. The summed E-state index contributed by atoms with van der Waals surface area (Å²) in [6.07, 6.45) is 0.759. The minimum absolute atomic E-state index is 0.133. The fourth-order valence-corrected chi connectivity index (χ4v) is 3.16. The van der Waals surface area contributed by atoms with Crippen molar-refractivity contribution in [1.82, 2.24) is 4.90 Å². The molecular weight excluding hydrogens is 248 g/mol. The molecular formula is C13H16N2O2S. The number of para-hydroxylation sites is 1. The van der Waals surface area contributed by atoms with Crippen molar-refractivity contribution in [2.45, 2.75) is 24.8 Å². The zero-order valence-corrected chi connectivity index (χ0v) is 11.2. The smallest absolute Gasteiger partial charge is 0.248 e. The molecule has 1 atom stereocenters. The lowest BCUT2D eigenvalue weighted by Gasteiger charge is -2.30. The standard InChI is InChI=1S/C13H16N2O2S/c1-13(2)15(9-16)11(8-18-13)12(17)14-10-6-4-3-5-7-10/h3-7,9,11H,8H2,1-2H3,(H,14,17). The molecule has 18 heavy (non-hydrogen) atoms. The molecule has 1 aromatic rings. The van der Waals surface area contributed by atoms with Crippen LogP contribution in [0.5, 0.6) is 0 Å². The van der Waals surface area contributed by atoms with E-state index in [1.165, 1.54) is 0 Å². The van der Waals surface area contributed by atoms with E-state index in [1.807, 2.05) is 44.2 Å². The van der Waals surface area contributed by atoms with Crippen LogP contribution >= 0.6 is 11.8 Å². The maximum Gasteiger partial charge on any atom is 0.248 e. The van der Waals surface area contributed by atoms with E-state index in [4.69, 9.17) is 0 Å². The summed E-state index contributed by atoms with van der Waals surface area (Å²) >= 11 is 1.61. The molecule has 1 unspecified atom stereocenters. The number of hydrogen-bond donors (Lipinski definition) is 1. The molecule has 1 fully saturated rings. The van der Waals surface area contributed by atoms with E-state index in [9.17, 15) is 9.59 Å². The highest BCUT2D eigenvalue weighted by atomic mass is 32.2. The molecule has 0 aromatic heterocycles. The lowest BCUT2D eigenvalue weighted by Crippen LogP contribution is -2.47. The largest absolute Gasteiger partial charge is 0.324 e. The van der Waals surface area contributed by atoms with E-state index in [0.717, 1.165) is 12.1 Å². The van der Waals surface area contributed by atoms with Gasteiger partial charge < -0.3 is 10.2 Å². The molecule has 1 aliphatic rings. The fourth-order valence-electron chi connectivity index (χ4n) is 1.96. The molecule has 1 N–H and O–H groups in total. The van der Waals surface area contributed by atoms with Gasteiger partial charge in [-0.15, -0.1) is 11.8 Å². The maximum absolute atomic E-state index is 12.1. The summed E-state index contributed by atoms with van der Waals surface area (Å²) in [5.74, 6) is 0.496. The highest BCUT2D eigenvalue weighted by Gasteiger charge is 2.42. The molecule has 1 aliphatic heterocycles. The number of amides is 2. The van der Waals surface area contributed by atoms with Gasteiger partial charge in [0.05, 0.1) is 4.87 Å². The van der Waals surface area contributed by atoms with E-state index in [-0.39, 0.29) is 10.8 Å². The number of nitrogens with one attached hydrogen (secondary N) is 1. The second-order valence-electron chi connectivity index (χ2n) is 4.64. The lowest BCUT2D eigenvalue weighted by atomic mass is 10.2. The predicted molar refractivity (Wildman–Crippen MR) is 73.3 cm³/mol. The maximum atomic E-state index is 12.1. The molecule has 1 aromatic carbocycles. The van der Waals surface area contributed by atoms with Crippen LogP contribution in [0.15, 0.2) is 30.3 Å². The van der Waals surface area contributed by atoms with Crippen molar-refractivity contribution in [3.05, 3.63) is 30.3 Å². The molecule has 2 rings (SSSR count). The Morgan fingerprint density at radius 3 is 2.72 bits per heavy atom. The monoisotopic (exact) mass is 264 g/mol. The van der Waals surface area contributed by atoms with Gasteiger partial charge in [0.2, 0.25) is 12.3 Å². The SMILES string of the molecule is CC1(C)SCC(C(=O)Nc2ccccc2)N1C=O. The van der Waals surface area contributed by atoms with Gasteiger partial charge in [-0.2, -0.15) is 0 Å². The van der Waals surface area contributed by atoms with Gasteiger partial charge in [0.15, 0.2) is 0 Å². The Hall–Kier alpha value is -1.49. The number of carbonyl (C=O) groups is 2. The van der Waals surface area contributed by atoms with Crippen LogP contribution < -0.4 is 5.32 Å². The number of benzene rings is 1. The van der Waals surface area contributed by atoms with Crippen molar-refractivity contribution in [3.8, 4) is 0 Å². The first-order valence-electron chi connectivity index (χ1n) is 5.78. The van der Waals surface area contributed by atoms with E-state index >= 15 is 0 Å². The van der Waals surface area contributed by atoms with Crippen LogP contribution in [0.3, 0.4) is 0 Å². The molecule has 0 saturated carbocycles. The first kappa shape index (κ1) is 13.0. The van der Waals surface area contributed by atoms with Crippen LogP contribution in [-0.4, -0.2) is 33.9 Å². The summed E-state index contributed by atoms with van der Waals surface area (Å²) < 4.78 is 0. The first-order valence-corrected chi connectivity index (χ1v) is 6.77. The van der Waals surface area contributed by atoms with Gasteiger partial charge in [-0.05, 0) is 26.0 Å². The van der Waals surface area contributed by atoms with Crippen LogP contribution in [0.4, 0.5) is 5.69 Å². The van der Waals surface area contributed by atoms with Gasteiger partial charge >= 0.3 is 0 Å². The predicted octanol–water partition coefficient (Wildman–Crippen LogP) is 1.93. The van der Waals surface area contributed by atoms with Crippen LogP contribution in [0.2, 0.25) is 0 Å². The summed E-state index contributed by atoms with van der Waals surface area (Å²) in [4.78, 5) is 24.5. The van der Waals surface area contributed by atoms with Gasteiger partial charge in [-0.1, -0.05) is 18.2 Å². The van der Waals surface area contributed by atoms with Crippen molar-refractivity contribution in [2.24, 2.45) is 0 Å². The first-order chi connectivity index (χ1) is 8.54. The van der Waals surface area contributed by atoms with Crippen molar-refractivity contribution >= 4 is 29.8 Å². The quantitative estimate of drug-likeness (QED) is 0.849. The van der Waals surface area contributed by atoms with Gasteiger partial charge in [0.25, 0.3) is 0 Å². The molecule has 1 heterocycles. The number of nitrogens with zero attached hydrogens (tertiary/aromatic N) is 1. The Morgan fingerprint density at radius 2 is 2.11 bits per heavy atom. The second kappa shape index (κ2) is 5.02. The second-order valence-corrected chi connectivity index (χ2v) is 6.26. The molecule has 4 nitrogen and oxygen atoms in total. The molecule has 0 aliphatic carbocycles. The zero-order chi connectivity index (χ0) is 13.2. The number of rotatable bonds is 3. The molecule has 0 spiro atoms. The van der Waals surface area contributed by atoms with Crippen molar-refractivity contribution in [3.63, 3.8) is 0 Å². The highest BCUT2D eigenvalue weighted by molar-refractivity contribution is 8.00. The number of thioether (sulfide) groups is 1. The van der Waals surface area contributed by atoms with Gasteiger partial charge in [-0.25, -0.2) is 0 Å². The normalized spacial score (nSPS) is 21.7. The Labute approximate surface area is 111 Å². The van der Waals surface area contributed by atoms with Crippen molar-refractivity contribution in [2.75, 3.05) is 11.1 Å². The van der Waals surface area contributed by atoms with Crippen LogP contribution in [0, 0.1) is 0 Å². The van der Waals surface area contributed by atoms with Crippen LogP contribution in [0.1, 0.15) is 13.8 Å². The average Bonchev–Trinajstić information content (AvgIpc) is 2.65. The van der Waals surface area contributed by atoms with E-state index < -0.39 is 6.04 Å². The fraction of sp³-hybridized carbons (Fsp3) is 0.385.